The van der Waals surface area contributed by atoms with E-state index in [1.165, 1.54) is 25.3 Å². The van der Waals surface area contributed by atoms with Crippen LogP contribution in [0.1, 0.15) is 36.8 Å². The zero-order chi connectivity index (χ0) is 26.5. The number of amides is 1. The molecule has 8 nitrogen and oxygen atoms in total. The maximum absolute atomic E-state index is 13.1. The summed E-state index contributed by atoms with van der Waals surface area (Å²) >= 11 is 5.95. The lowest BCUT2D eigenvalue weighted by Gasteiger charge is -2.19. The molecule has 0 aliphatic heterocycles. The van der Waals surface area contributed by atoms with Gasteiger partial charge in [0.15, 0.2) is 0 Å². The lowest BCUT2D eigenvalue weighted by atomic mass is 10.0. The third-order valence-corrected chi connectivity index (χ3v) is 5.95. The average molecular weight is 516 g/mol. The van der Waals surface area contributed by atoms with Crippen LogP contribution in [-0.2, 0) is 0 Å². The number of carbonyl (C=O) groups is 3. The van der Waals surface area contributed by atoms with E-state index in [1.807, 2.05) is 24.1 Å². The van der Waals surface area contributed by atoms with Crippen LogP contribution in [0.4, 0.5) is 17.1 Å². The molecule has 1 amide bonds. The maximum Gasteiger partial charge on any atom is 0.337 e. The van der Waals surface area contributed by atoms with Gasteiger partial charge in [0, 0.05) is 23.3 Å². The van der Waals surface area contributed by atoms with Crippen LogP contribution in [0.15, 0.2) is 85.1 Å². The van der Waals surface area contributed by atoms with Crippen LogP contribution in [-0.4, -0.2) is 41.9 Å². The van der Waals surface area contributed by atoms with E-state index in [4.69, 9.17) is 16.3 Å². The largest absolute Gasteiger partial charge is 0.496 e. The SMILES string of the molecule is COc1ccccc1C(=O)Nc1ccc(C(=O)c2ccc(N(C)c3ccc(Cl)cc3)cn2)cc1C(=O)O. The summed E-state index contributed by atoms with van der Waals surface area (Å²) < 4.78 is 5.20. The second-order valence-corrected chi connectivity index (χ2v) is 8.42. The molecule has 0 aliphatic rings. The van der Waals surface area contributed by atoms with Gasteiger partial charge in [-0.15, -0.1) is 0 Å². The molecule has 186 valence electrons. The molecule has 0 unspecified atom stereocenters. The molecule has 0 saturated carbocycles. The highest BCUT2D eigenvalue weighted by Crippen LogP contribution is 2.26. The number of pyridine rings is 1. The van der Waals surface area contributed by atoms with Gasteiger partial charge in [-0.2, -0.15) is 0 Å². The smallest absolute Gasteiger partial charge is 0.337 e. The van der Waals surface area contributed by atoms with E-state index in [-0.39, 0.29) is 28.1 Å². The number of ketones is 1. The fourth-order valence-electron chi connectivity index (χ4n) is 3.67. The molecule has 0 aliphatic carbocycles. The van der Waals surface area contributed by atoms with Crippen molar-refractivity contribution in [3.8, 4) is 5.75 Å². The fraction of sp³-hybridized carbons (Fsp3) is 0.0714. The second-order valence-electron chi connectivity index (χ2n) is 7.99. The first kappa shape index (κ1) is 25.4. The van der Waals surface area contributed by atoms with Gasteiger partial charge in [0.2, 0.25) is 5.78 Å². The minimum atomic E-state index is -1.29. The molecule has 4 aromatic rings. The van der Waals surface area contributed by atoms with Crippen LogP contribution in [0, 0.1) is 0 Å². The van der Waals surface area contributed by atoms with Crippen LogP contribution in [0.2, 0.25) is 5.02 Å². The number of hydrogen-bond acceptors (Lipinski definition) is 6. The molecule has 0 spiro atoms. The summed E-state index contributed by atoms with van der Waals surface area (Å²) in [5.74, 6) is -1.94. The zero-order valence-electron chi connectivity index (χ0n) is 19.9. The molecule has 2 N–H and O–H groups in total. The molecule has 37 heavy (non-hydrogen) atoms. The molecule has 1 heterocycles. The molecule has 3 aromatic carbocycles. The predicted octanol–water partition coefficient (Wildman–Crippen LogP) is 5.69. The Labute approximate surface area is 218 Å². The van der Waals surface area contributed by atoms with Crippen molar-refractivity contribution in [3.05, 3.63) is 112 Å². The van der Waals surface area contributed by atoms with Crippen LogP contribution in [0.25, 0.3) is 0 Å². The Morgan fingerprint density at radius 3 is 2.27 bits per heavy atom. The number of carboxylic acid groups (broad SMARTS) is 1. The maximum atomic E-state index is 13.1. The van der Waals surface area contributed by atoms with Crippen molar-refractivity contribution in [3.63, 3.8) is 0 Å². The van der Waals surface area contributed by atoms with Gasteiger partial charge < -0.3 is 20.1 Å². The highest BCUT2D eigenvalue weighted by molar-refractivity contribution is 6.30. The Hall–Kier alpha value is -4.69. The third kappa shape index (κ3) is 5.60. The van der Waals surface area contributed by atoms with Gasteiger partial charge in [-0.1, -0.05) is 23.7 Å². The Kier molecular flexibility index (Phi) is 7.50. The molecule has 1 aromatic heterocycles. The molecule has 0 atom stereocenters. The summed E-state index contributed by atoms with van der Waals surface area (Å²) in [7, 11) is 3.30. The standard InChI is InChI=1S/C28H22ClN3O5/c1-32(19-10-8-18(29)9-11-19)20-12-14-24(30-16-20)26(33)17-7-13-23(22(15-17)28(35)36)31-27(34)21-5-3-4-6-25(21)37-2/h3-16H,1-2H3,(H,31,34)(H,35,36). The number of aromatic carboxylic acids is 1. The third-order valence-electron chi connectivity index (χ3n) is 5.69. The second kappa shape index (κ2) is 10.9. The van der Waals surface area contributed by atoms with Crippen molar-refractivity contribution < 1.29 is 24.2 Å². The molecule has 0 radical (unpaired) electrons. The summed E-state index contributed by atoms with van der Waals surface area (Å²) in [5.41, 5.74) is 1.98. The minimum absolute atomic E-state index is 0.0489. The number of nitrogens with one attached hydrogen (secondary N) is 1. The number of nitrogens with zero attached hydrogens (tertiary/aromatic N) is 2. The van der Waals surface area contributed by atoms with Crippen LogP contribution >= 0.6 is 11.6 Å². The van der Waals surface area contributed by atoms with E-state index in [2.05, 4.69) is 10.3 Å². The fourth-order valence-corrected chi connectivity index (χ4v) is 3.80. The van der Waals surface area contributed by atoms with Gasteiger partial charge in [-0.05, 0) is 66.7 Å². The van der Waals surface area contributed by atoms with E-state index in [0.717, 1.165) is 11.4 Å². The highest BCUT2D eigenvalue weighted by Gasteiger charge is 2.20. The molecule has 9 heteroatoms. The van der Waals surface area contributed by atoms with Crippen molar-refractivity contribution in [2.45, 2.75) is 0 Å². The Morgan fingerprint density at radius 2 is 1.62 bits per heavy atom. The number of methoxy groups -OCH3 is 1. The molecular weight excluding hydrogens is 494 g/mol. The van der Waals surface area contributed by atoms with Crippen molar-refractivity contribution in [2.24, 2.45) is 0 Å². The lowest BCUT2D eigenvalue weighted by Crippen LogP contribution is -2.16. The zero-order valence-corrected chi connectivity index (χ0v) is 20.7. The number of ether oxygens (including phenoxy) is 1. The topological polar surface area (TPSA) is 109 Å². The van der Waals surface area contributed by atoms with Gasteiger partial charge >= 0.3 is 5.97 Å². The monoisotopic (exact) mass is 515 g/mol. The number of aromatic nitrogens is 1. The molecule has 0 bridgehead atoms. The Bertz CT molecular complexity index is 1470. The number of anilines is 3. The van der Waals surface area contributed by atoms with Gasteiger partial charge in [-0.25, -0.2) is 4.79 Å². The van der Waals surface area contributed by atoms with E-state index in [1.54, 1.807) is 54.7 Å². The average Bonchev–Trinajstić information content (AvgIpc) is 2.92. The van der Waals surface area contributed by atoms with E-state index in [0.29, 0.717) is 10.8 Å². The number of halogens is 1. The number of benzene rings is 3. The minimum Gasteiger partial charge on any atom is -0.496 e. The predicted molar refractivity (Wildman–Crippen MR) is 142 cm³/mol. The summed E-state index contributed by atoms with van der Waals surface area (Å²) in [6.07, 6.45) is 1.56. The number of para-hydroxylation sites is 1. The van der Waals surface area contributed by atoms with Gasteiger partial charge in [0.05, 0.1) is 35.8 Å². The van der Waals surface area contributed by atoms with Crippen molar-refractivity contribution in [1.29, 1.82) is 0 Å². The first-order chi connectivity index (χ1) is 17.8. The van der Waals surface area contributed by atoms with Crippen LogP contribution in [0.3, 0.4) is 0 Å². The van der Waals surface area contributed by atoms with Crippen molar-refractivity contribution in [1.82, 2.24) is 4.98 Å². The van der Waals surface area contributed by atoms with E-state index < -0.39 is 17.7 Å². The first-order valence-electron chi connectivity index (χ1n) is 11.1. The van der Waals surface area contributed by atoms with Gasteiger partial charge in [0.25, 0.3) is 5.91 Å². The molecular formula is C28H22ClN3O5. The van der Waals surface area contributed by atoms with Gasteiger partial charge in [-0.3, -0.25) is 14.6 Å². The first-order valence-corrected chi connectivity index (χ1v) is 11.5. The van der Waals surface area contributed by atoms with Crippen LogP contribution < -0.4 is 15.0 Å². The number of carbonyl (C=O) groups excluding carboxylic acids is 2. The van der Waals surface area contributed by atoms with E-state index in [9.17, 15) is 19.5 Å². The molecule has 0 saturated heterocycles. The summed E-state index contributed by atoms with van der Waals surface area (Å²) in [6, 6.07) is 21.2. The summed E-state index contributed by atoms with van der Waals surface area (Å²) in [5, 5.41) is 12.9. The lowest BCUT2D eigenvalue weighted by molar-refractivity contribution is 0.0698. The van der Waals surface area contributed by atoms with Crippen LogP contribution in [0.5, 0.6) is 5.75 Å². The van der Waals surface area contributed by atoms with Crippen molar-refractivity contribution in [2.75, 3.05) is 24.4 Å². The van der Waals surface area contributed by atoms with E-state index >= 15 is 0 Å². The van der Waals surface area contributed by atoms with Gasteiger partial charge in [0.1, 0.15) is 11.4 Å². The quantitative estimate of drug-likeness (QED) is 0.290. The summed E-state index contributed by atoms with van der Waals surface area (Å²) in [4.78, 5) is 43.9. The number of rotatable bonds is 8. The number of hydrogen-bond donors (Lipinski definition) is 2. The Morgan fingerprint density at radius 1 is 0.919 bits per heavy atom. The highest BCUT2D eigenvalue weighted by atomic mass is 35.5. The molecule has 0 fully saturated rings. The normalized spacial score (nSPS) is 10.5. The Balaban J connectivity index is 1.56. The molecule has 4 rings (SSSR count). The van der Waals surface area contributed by atoms with Crippen molar-refractivity contribution >= 4 is 46.3 Å². The number of carboxylic acids is 1. The summed E-state index contributed by atoms with van der Waals surface area (Å²) in [6.45, 7) is 0.